The lowest BCUT2D eigenvalue weighted by Gasteiger charge is -2.05. The van der Waals surface area contributed by atoms with Crippen LogP contribution < -0.4 is 5.59 Å². The van der Waals surface area contributed by atoms with Crippen molar-refractivity contribution in [2.45, 2.75) is 26.5 Å². The van der Waals surface area contributed by atoms with E-state index < -0.39 is 0 Å². The molecule has 0 saturated heterocycles. The number of aromatic nitrogens is 1. The lowest BCUT2D eigenvalue weighted by Crippen LogP contribution is -2.30. The summed E-state index contributed by atoms with van der Waals surface area (Å²) >= 11 is 0. The van der Waals surface area contributed by atoms with Crippen LogP contribution in [0.25, 0.3) is 0 Å². The van der Waals surface area contributed by atoms with Crippen LogP contribution in [-0.4, -0.2) is 11.7 Å². The van der Waals surface area contributed by atoms with Crippen molar-refractivity contribution in [3.63, 3.8) is 0 Å². The SMILES string of the molecule is CCB(CC)c1ccccn1. The third kappa shape index (κ3) is 2.07. The maximum atomic E-state index is 4.32. The average molecular weight is 147 g/mol. The summed E-state index contributed by atoms with van der Waals surface area (Å²) in [6, 6.07) is 6.13. The molecule has 0 bridgehead atoms. The van der Waals surface area contributed by atoms with Crippen molar-refractivity contribution in [1.82, 2.24) is 4.98 Å². The molecule has 0 aromatic carbocycles. The first-order chi connectivity index (χ1) is 5.38. The first-order valence-corrected chi connectivity index (χ1v) is 4.29. The molecule has 58 valence electrons. The maximum Gasteiger partial charge on any atom is 0.199 e. The van der Waals surface area contributed by atoms with E-state index in [1.807, 2.05) is 12.3 Å². The molecule has 0 N–H and O–H groups in total. The van der Waals surface area contributed by atoms with Gasteiger partial charge in [-0.3, -0.25) is 4.98 Å². The van der Waals surface area contributed by atoms with Gasteiger partial charge in [-0.2, -0.15) is 0 Å². The van der Waals surface area contributed by atoms with E-state index in [4.69, 9.17) is 0 Å². The van der Waals surface area contributed by atoms with Crippen LogP contribution in [0.15, 0.2) is 24.4 Å². The molecular formula is C9H14BN. The van der Waals surface area contributed by atoms with Crippen molar-refractivity contribution >= 4 is 12.3 Å². The number of hydrogen-bond donors (Lipinski definition) is 0. The molecule has 1 nitrogen and oxygen atoms in total. The molecule has 1 heterocycles. The zero-order valence-corrected chi connectivity index (χ0v) is 7.25. The highest BCUT2D eigenvalue weighted by atomic mass is 14.6. The number of nitrogens with zero attached hydrogens (tertiary/aromatic N) is 1. The lowest BCUT2D eigenvalue weighted by molar-refractivity contribution is 1.29. The largest absolute Gasteiger partial charge is 0.271 e. The van der Waals surface area contributed by atoms with Gasteiger partial charge in [-0.1, -0.05) is 38.6 Å². The molecule has 0 atom stereocenters. The maximum absolute atomic E-state index is 4.32. The summed E-state index contributed by atoms with van der Waals surface area (Å²) < 4.78 is 0. The van der Waals surface area contributed by atoms with Gasteiger partial charge in [0, 0.05) is 11.8 Å². The normalized spacial score (nSPS) is 9.64. The number of pyridine rings is 1. The second-order valence-corrected chi connectivity index (χ2v) is 2.77. The molecule has 0 aliphatic heterocycles. The van der Waals surface area contributed by atoms with Crippen molar-refractivity contribution in [2.75, 3.05) is 0 Å². The van der Waals surface area contributed by atoms with Gasteiger partial charge in [-0.05, 0) is 6.07 Å². The summed E-state index contributed by atoms with van der Waals surface area (Å²) in [5.74, 6) is 0. The van der Waals surface area contributed by atoms with Crippen molar-refractivity contribution in [3.8, 4) is 0 Å². The molecule has 0 unspecified atom stereocenters. The van der Waals surface area contributed by atoms with E-state index in [0.29, 0.717) is 6.71 Å². The highest BCUT2D eigenvalue weighted by molar-refractivity contribution is 6.72. The molecular weight excluding hydrogens is 133 g/mol. The zero-order chi connectivity index (χ0) is 8.10. The van der Waals surface area contributed by atoms with E-state index in [1.165, 1.54) is 18.2 Å². The molecule has 0 aliphatic carbocycles. The summed E-state index contributed by atoms with van der Waals surface area (Å²) in [5.41, 5.74) is 1.23. The van der Waals surface area contributed by atoms with Crippen LogP contribution in [0, 0.1) is 0 Å². The minimum absolute atomic E-state index is 0.649. The molecule has 11 heavy (non-hydrogen) atoms. The van der Waals surface area contributed by atoms with E-state index >= 15 is 0 Å². The minimum Gasteiger partial charge on any atom is -0.271 e. The molecule has 0 aliphatic rings. The molecule has 2 heteroatoms. The Morgan fingerprint density at radius 3 is 2.45 bits per heavy atom. The fourth-order valence-corrected chi connectivity index (χ4v) is 1.32. The van der Waals surface area contributed by atoms with Gasteiger partial charge < -0.3 is 0 Å². The van der Waals surface area contributed by atoms with Gasteiger partial charge in [0.05, 0.1) is 0 Å². The molecule has 0 saturated carbocycles. The Bertz CT molecular complexity index is 194. The van der Waals surface area contributed by atoms with Crippen molar-refractivity contribution < 1.29 is 0 Å². The quantitative estimate of drug-likeness (QED) is 0.594. The van der Waals surface area contributed by atoms with Gasteiger partial charge in [-0.25, -0.2) is 0 Å². The molecule has 1 rings (SSSR count). The van der Waals surface area contributed by atoms with Crippen molar-refractivity contribution in [2.24, 2.45) is 0 Å². The average Bonchev–Trinajstić information content (AvgIpc) is 2.09. The predicted octanol–water partition coefficient (Wildman–Crippen LogP) is 1.82. The van der Waals surface area contributed by atoms with Gasteiger partial charge in [0.1, 0.15) is 0 Å². The summed E-state index contributed by atoms with van der Waals surface area (Å²) in [6.45, 7) is 5.07. The minimum atomic E-state index is 0.649. The highest BCUT2D eigenvalue weighted by Crippen LogP contribution is 1.96. The van der Waals surface area contributed by atoms with Crippen LogP contribution in [-0.2, 0) is 0 Å². The van der Waals surface area contributed by atoms with Crippen molar-refractivity contribution in [3.05, 3.63) is 24.4 Å². The Labute approximate surface area is 68.9 Å². The second kappa shape index (κ2) is 4.17. The Morgan fingerprint density at radius 1 is 1.27 bits per heavy atom. The molecule has 1 aromatic heterocycles. The summed E-state index contributed by atoms with van der Waals surface area (Å²) in [6.07, 6.45) is 4.24. The predicted molar refractivity (Wildman–Crippen MR) is 50.6 cm³/mol. The second-order valence-electron chi connectivity index (χ2n) is 2.77. The molecule has 0 radical (unpaired) electrons. The Morgan fingerprint density at radius 2 is 2.00 bits per heavy atom. The fraction of sp³-hybridized carbons (Fsp3) is 0.444. The van der Waals surface area contributed by atoms with Gasteiger partial charge in [0.25, 0.3) is 0 Å². The van der Waals surface area contributed by atoms with Crippen LogP contribution >= 0.6 is 0 Å². The van der Waals surface area contributed by atoms with Gasteiger partial charge in [0.2, 0.25) is 0 Å². The summed E-state index contributed by atoms with van der Waals surface area (Å²) in [4.78, 5) is 4.32. The third-order valence-electron chi connectivity index (χ3n) is 2.09. The Hall–Kier alpha value is -0.785. The van der Waals surface area contributed by atoms with E-state index in [0.717, 1.165) is 0 Å². The zero-order valence-electron chi connectivity index (χ0n) is 7.25. The van der Waals surface area contributed by atoms with E-state index in [2.05, 4.69) is 31.0 Å². The van der Waals surface area contributed by atoms with Crippen LogP contribution in [0.5, 0.6) is 0 Å². The van der Waals surface area contributed by atoms with Gasteiger partial charge in [0.15, 0.2) is 6.71 Å². The monoisotopic (exact) mass is 147 g/mol. The fourth-order valence-electron chi connectivity index (χ4n) is 1.32. The highest BCUT2D eigenvalue weighted by Gasteiger charge is 2.11. The molecule has 0 amide bonds. The van der Waals surface area contributed by atoms with E-state index in [-0.39, 0.29) is 0 Å². The Kier molecular flexibility index (Phi) is 3.15. The smallest absolute Gasteiger partial charge is 0.199 e. The van der Waals surface area contributed by atoms with Crippen LogP contribution in [0.4, 0.5) is 0 Å². The van der Waals surface area contributed by atoms with Crippen LogP contribution in [0.3, 0.4) is 0 Å². The summed E-state index contributed by atoms with van der Waals surface area (Å²) in [7, 11) is 0. The molecule has 0 spiro atoms. The number of rotatable bonds is 3. The first kappa shape index (κ1) is 8.31. The van der Waals surface area contributed by atoms with E-state index in [1.54, 1.807) is 0 Å². The van der Waals surface area contributed by atoms with E-state index in [9.17, 15) is 0 Å². The van der Waals surface area contributed by atoms with Crippen LogP contribution in [0.2, 0.25) is 12.6 Å². The molecule has 0 fully saturated rings. The third-order valence-corrected chi connectivity index (χ3v) is 2.09. The summed E-state index contributed by atoms with van der Waals surface area (Å²) in [5, 5.41) is 0. The van der Waals surface area contributed by atoms with Gasteiger partial charge in [-0.15, -0.1) is 0 Å². The lowest BCUT2D eigenvalue weighted by atomic mass is 9.43. The molecule has 1 aromatic rings. The first-order valence-electron chi connectivity index (χ1n) is 4.29. The van der Waals surface area contributed by atoms with Crippen LogP contribution in [0.1, 0.15) is 13.8 Å². The standard InChI is InChI=1S/C9H14BN/c1-3-10(4-2)9-7-5-6-8-11-9/h5-8H,3-4H2,1-2H3. The van der Waals surface area contributed by atoms with Crippen molar-refractivity contribution in [1.29, 1.82) is 0 Å². The topological polar surface area (TPSA) is 12.9 Å². The van der Waals surface area contributed by atoms with Gasteiger partial charge >= 0.3 is 0 Å². The Balaban J connectivity index is 2.74. The number of hydrogen-bond acceptors (Lipinski definition) is 1.